The molecule has 0 aromatic carbocycles. The lowest BCUT2D eigenvalue weighted by Crippen LogP contribution is -2.31. The zero-order chi connectivity index (χ0) is 18.9. The Hall–Kier alpha value is -2.59. The monoisotopic (exact) mass is 412 g/mol. The van der Waals surface area contributed by atoms with Crippen molar-refractivity contribution in [3.63, 3.8) is 0 Å². The molecule has 0 spiro atoms. The van der Waals surface area contributed by atoms with E-state index in [0.29, 0.717) is 0 Å². The van der Waals surface area contributed by atoms with Gasteiger partial charge in [0.2, 0.25) is 5.13 Å². The zero-order valence-electron chi connectivity index (χ0n) is 15.5. The van der Waals surface area contributed by atoms with Gasteiger partial charge < -0.3 is 9.80 Å². The Balaban J connectivity index is 1.38. The molecule has 1 aliphatic heterocycles. The minimum absolute atomic E-state index is 0.766. The molecule has 0 saturated carbocycles. The predicted octanol–water partition coefficient (Wildman–Crippen LogP) is 2.98. The van der Waals surface area contributed by atoms with Crippen LogP contribution in [-0.4, -0.2) is 55.3 Å². The summed E-state index contributed by atoms with van der Waals surface area (Å²) in [4.78, 5) is 9.32. The minimum Gasteiger partial charge on any atom is -0.353 e. The van der Waals surface area contributed by atoms with E-state index in [0.717, 1.165) is 72.8 Å². The molecule has 0 unspecified atom stereocenters. The van der Waals surface area contributed by atoms with Crippen LogP contribution in [0.15, 0.2) is 29.0 Å². The van der Waals surface area contributed by atoms with E-state index >= 15 is 0 Å². The minimum atomic E-state index is 0.766. The third-order valence-corrected chi connectivity index (χ3v) is 6.39. The number of aryl methyl sites for hydroxylation is 1. The fourth-order valence-electron chi connectivity index (χ4n) is 3.37. The maximum atomic E-state index is 4.85. The van der Waals surface area contributed by atoms with Gasteiger partial charge in [-0.2, -0.15) is 20.2 Å². The average Bonchev–Trinajstić information content (AvgIpc) is 3.45. The van der Waals surface area contributed by atoms with Gasteiger partial charge in [-0.1, -0.05) is 6.92 Å². The summed E-state index contributed by atoms with van der Waals surface area (Å²) in [5.41, 5.74) is 1.81. The second-order valence-corrected chi connectivity index (χ2v) is 8.18. The molecule has 0 bridgehead atoms. The van der Waals surface area contributed by atoms with Crippen molar-refractivity contribution in [2.45, 2.75) is 19.8 Å². The summed E-state index contributed by atoms with van der Waals surface area (Å²) in [6.07, 6.45) is 1.94. The SMILES string of the molecule is CCc1nsc(N2CCCN(c3ccc4nnc(-c5ccsc5)n4n3)CC2)n1. The molecule has 1 fully saturated rings. The summed E-state index contributed by atoms with van der Waals surface area (Å²) >= 11 is 3.15. The van der Waals surface area contributed by atoms with E-state index in [1.807, 2.05) is 28.1 Å². The van der Waals surface area contributed by atoms with Gasteiger partial charge in [0.25, 0.3) is 0 Å². The first-order valence-electron chi connectivity index (χ1n) is 9.39. The summed E-state index contributed by atoms with van der Waals surface area (Å²) in [6, 6.07) is 6.08. The number of thiophene rings is 1. The highest BCUT2D eigenvalue weighted by atomic mass is 32.1. The Labute approximate surface area is 170 Å². The smallest absolute Gasteiger partial charge is 0.205 e. The van der Waals surface area contributed by atoms with Crippen LogP contribution in [-0.2, 0) is 6.42 Å². The Bertz CT molecular complexity index is 1070. The molecule has 0 aliphatic carbocycles. The topological polar surface area (TPSA) is 75.3 Å². The van der Waals surface area contributed by atoms with Crippen molar-refractivity contribution < 1.29 is 0 Å². The van der Waals surface area contributed by atoms with E-state index < -0.39 is 0 Å². The predicted molar refractivity (Wildman–Crippen MR) is 112 cm³/mol. The Morgan fingerprint density at radius 3 is 2.75 bits per heavy atom. The van der Waals surface area contributed by atoms with Gasteiger partial charge in [0.05, 0.1) is 0 Å². The van der Waals surface area contributed by atoms with Crippen LogP contribution in [0.25, 0.3) is 17.0 Å². The van der Waals surface area contributed by atoms with Gasteiger partial charge in [-0.25, -0.2) is 4.98 Å². The summed E-state index contributed by atoms with van der Waals surface area (Å²) in [5, 5.41) is 18.6. The second-order valence-electron chi connectivity index (χ2n) is 6.67. The molecule has 1 saturated heterocycles. The molecule has 0 N–H and O–H groups in total. The molecule has 5 heterocycles. The van der Waals surface area contributed by atoms with Gasteiger partial charge in [-0.05, 0) is 30.0 Å². The van der Waals surface area contributed by atoms with Crippen LogP contribution in [0.2, 0.25) is 0 Å². The third kappa shape index (κ3) is 3.22. The van der Waals surface area contributed by atoms with Gasteiger partial charge in [0, 0.05) is 55.1 Å². The number of anilines is 2. The Morgan fingerprint density at radius 1 is 1.04 bits per heavy atom. The molecule has 8 nitrogen and oxygen atoms in total. The van der Waals surface area contributed by atoms with Crippen molar-refractivity contribution in [1.29, 1.82) is 0 Å². The van der Waals surface area contributed by atoms with Crippen molar-refractivity contribution >= 4 is 39.5 Å². The van der Waals surface area contributed by atoms with Crippen LogP contribution in [0.3, 0.4) is 0 Å². The van der Waals surface area contributed by atoms with Crippen LogP contribution in [0.4, 0.5) is 10.9 Å². The number of hydrogen-bond donors (Lipinski definition) is 0. The number of hydrogen-bond acceptors (Lipinski definition) is 9. The zero-order valence-corrected chi connectivity index (χ0v) is 17.2. The molecule has 144 valence electrons. The fourth-order valence-corrected chi connectivity index (χ4v) is 4.81. The van der Waals surface area contributed by atoms with Crippen LogP contribution in [0, 0.1) is 0 Å². The molecular formula is C18H20N8S2. The largest absolute Gasteiger partial charge is 0.353 e. The summed E-state index contributed by atoms with van der Waals surface area (Å²) in [6.45, 7) is 5.86. The molecule has 0 amide bonds. The van der Waals surface area contributed by atoms with E-state index in [9.17, 15) is 0 Å². The molecule has 1 aliphatic rings. The van der Waals surface area contributed by atoms with Crippen molar-refractivity contribution in [2.24, 2.45) is 0 Å². The molecule has 10 heteroatoms. The van der Waals surface area contributed by atoms with Crippen LogP contribution < -0.4 is 9.80 Å². The molecule has 4 aromatic heterocycles. The van der Waals surface area contributed by atoms with Gasteiger partial charge in [0.1, 0.15) is 11.6 Å². The first-order chi connectivity index (χ1) is 13.8. The van der Waals surface area contributed by atoms with Crippen LogP contribution in [0.1, 0.15) is 19.2 Å². The van der Waals surface area contributed by atoms with E-state index in [1.165, 1.54) is 11.5 Å². The van der Waals surface area contributed by atoms with Crippen LogP contribution >= 0.6 is 22.9 Å². The number of rotatable bonds is 4. The number of aromatic nitrogens is 6. The van der Waals surface area contributed by atoms with Gasteiger partial charge in [0.15, 0.2) is 11.5 Å². The van der Waals surface area contributed by atoms with Crippen molar-refractivity contribution in [2.75, 3.05) is 36.0 Å². The Kier molecular flexibility index (Phi) is 4.65. The highest BCUT2D eigenvalue weighted by Gasteiger charge is 2.20. The molecule has 0 atom stereocenters. The number of fused-ring (bicyclic) bond motifs is 1. The molecular weight excluding hydrogens is 392 g/mol. The fraction of sp³-hybridized carbons (Fsp3) is 0.389. The lowest BCUT2D eigenvalue weighted by molar-refractivity contribution is 0.777. The van der Waals surface area contributed by atoms with E-state index in [1.54, 1.807) is 11.3 Å². The van der Waals surface area contributed by atoms with Gasteiger partial charge in [-0.15, -0.1) is 15.3 Å². The molecule has 5 rings (SSSR count). The second kappa shape index (κ2) is 7.44. The highest BCUT2D eigenvalue weighted by Crippen LogP contribution is 2.23. The first-order valence-corrected chi connectivity index (χ1v) is 11.1. The summed E-state index contributed by atoms with van der Waals surface area (Å²) < 4.78 is 6.27. The maximum absolute atomic E-state index is 4.85. The van der Waals surface area contributed by atoms with Gasteiger partial charge >= 0.3 is 0 Å². The van der Waals surface area contributed by atoms with Gasteiger partial charge in [-0.3, -0.25) is 0 Å². The first kappa shape index (κ1) is 17.5. The quantitative estimate of drug-likeness (QED) is 0.510. The van der Waals surface area contributed by atoms with E-state index in [2.05, 4.69) is 41.7 Å². The average molecular weight is 413 g/mol. The van der Waals surface area contributed by atoms with Crippen molar-refractivity contribution in [3.8, 4) is 11.4 Å². The summed E-state index contributed by atoms with van der Waals surface area (Å²) in [7, 11) is 0. The maximum Gasteiger partial charge on any atom is 0.205 e. The van der Waals surface area contributed by atoms with Crippen molar-refractivity contribution in [1.82, 2.24) is 29.2 Å². The standard InChI is InChI=1S/C18H20N8S2/c1-2-14-19-18(28-23-14)25-8-3-7-24(9-10-25)16-5-4-15-20-21-17(26(15)22-16)13-6-11-27-12-13/h4-6,11-12H,2-3,7-10H2,1H3. The lowest BCUT2D eigenvalue weighted by atomic mass is 10.3. The molecule has 28 heavy (non-hydrogen) atoms. The summed E-state index contributed by atoms with van der Waals surface area (Å²) in [5.74, 6) is 2.68. The Morgan fingerprint density at radius 2 is 1.93 bits per heavy atom. The highest BCUT2D eigenvalue weighted by molar-refractivity contribution is 7.09. The van der Waals surface area contributed by atoms with E-state index in [-0.39, 0.29) is 0 Å². The third-order valence-electron chi connectivity index (χ3n) is 4.89. The van der Waals surface area contributed by atoms with E-state index in [4.69, 9.17) is 5.10 Å². The molecule has 4 aromatic rings. The van der Waals surface area contributed by atoms with Crippen molar-refractivity contribution in [3.05, 3.63) is 34.8 Å². The van der Waals surface area contributed by atoms with Crippen LogP contribution in [0.5, 0.6) is 0 Å². The number of nitrogens with zero attached hydrogens (tertiary/aromatic N) is 8. The lowest BCUT2D eigenvalue weighted by Gasteiger charge is -2.22. The normalized spacial score (nSPS) is 15.3. The molecule has 0 radical (unpaired) electrons.